The number of aromatic nitrogens is 1. The van der Waals surface area contributed by atoms with Gasteiger partial charge in [0.25, 0.3) is 0 Å². The highest BCUT2D eigenvalue weighted by Gasteiger charge is 2.02. The van der Waals surface area contributed by atoms with Crippen LogP contribution in [0.5, 0.6) is 0 Å². The molecule has 17 heavy (non-hydrogen) atoms. The van der Waals surface area contributed by atoms with E-state index in [4.69, 9.17) is 11.7 Å². The molecule has 0 amide bonds. The van der Waals surface area contributed by atoms with Crippen molar-refractivity contribution in [1.29, 1.82) is 5.26 Å². The molecule has 0 fully saturated rings. The Kier molecular flexibility index (Phi) is 3.05. The molecule has 0 aliphatic heterocycles. The summed E-state index contributed by atoms with van der Waals surface area (Å²) >= 11 is 0. The van der Waals surface area contributed by atoms with Gasteiger partial charge in [0.1, 0.15) is 11.9 Å². The van der Waals surface area contributed by atoms with Gasteiger partial charge in [-0.1, -0.05) is 12.0 Å². The number of nitrogens with one attached hydrogen (secondary N) is 1. The fraction of sp³-hybridized carbons (Fsp3) is 0. The van der Waals surface area contributed by atoms with Gasteiger partial charge in [-0.25, -0.2) is 4.98 Å². The Hall–Kier alpha value is -2.78. The van der Waals surface area contributed by atoms with Crippen LogP contribution >= 0.6 is 0 Å². The fourth-order valence-corrected chi connectivity index (χ4v) is 1.42. The monoisotopic (exact) mass is 219 g/mol. The Morgan fingerprint density at radius 2 is 2.12 bits per heavy atom. The molecule has 0 bridgehead atoms. The molecule has 1 N–H and O–H groups in total. The van der Waals surface area contributed by atoms with Crippen molar-refractivity contribution in [2.75, 3.05) is 5.32 Å². The molecule has 0 saturated carbocycles. The maximum atomic E-state index is 8.93. The predicted molar refractivity (Wildman–Crippen MR) is 66.6 cm³/mol. The summed E-state index contributed by atoms with van der Waals surface area (Å²) in [6.45, 7) is 0. The number of benzene rings is 1. The molecule has 0 unspecified atom stereocenters. The summed E-state index contributed by atoms with van der Waals surface area (Å²) in [5, 5.41) is 12.0. The molecule has 0 aliphatic carbocycles. The lowest BCUT2D eigenvalue weighted by Gasteiger charge is -2.06. The van der Waals surface area contributed by atoms with Crippen molar-refractivity contribution in [3.63, 3.8) is 0 Å². The standard InChI is InChI=1S/C14H9N3/c1-2-11-5-3-7-13(9-11)17-14-12(10-15)6-4-8-16-14/h1,3-9H,(H,16,17). The minimum absolute atomic E-state index is 0.499. The van der Waals surface area contributed by atoms with Gasteiger partial charge in [-0.05, 0) is 30.3 Å². The van der Waals surface area contributed by atoms with Crippen molar-refractivity contribution in [1.82, 2.24) is 4.98 Å². The highest BCUT2D eigenvalue weighted by Crippen LogP contribution is 2.18. The largest absolute Gasteiger partial charge is 0.339 e. The Morgan fingerprint density at radius 1 is 1.24 bits per heavy atom. The number of hydrogen-bond donors (Lipinski definition) is 1. The molecule has 3 nitrogen and oxygen atoms in total. The number of pyridine rings is 1. The van der Waals surface area contributed by atoms with Gasteiger partial charge < -0.3 is 5.32 Å². The maximum Gasteiger partial charge on any atom is 0.148 e. The molecule has 0 spiro atoms. The van der Waals surface area contributed by atoms with Crippen LogP contribution < -0.4 is 5.32 Å². The van der Waals surface area contributed by atoms with Crippen LogP contribution in [0.25, 0.3) is 0 Å². The number of nitriles is 1. The molecular weight excluding hydrogens is 210 g/mol. The zero-order valence-electron chi connectivity index (χ0n) is 9.01. The van der Waals surface area contributed by atoms with Crippen LogP contribution in [0.4, 0.5) is 11.5 Å². The number of anilines is 2. The van der Waals surface area contributed by atoms with Crippen molar-refractivity contribution in [2.24, 2.45) is 0 Å². The van der Waals surface area contributed by atoms with Crippen LogP contribution in [0, 0.1) is 23.7 Å². The molecular formula is C14H9N3. The summed E-state index contributed by atoms with van der Waals surface area (Å²) < 4.78 is 0. The Bertz CT molecular complexity index is 618. The molecule has 0 aliphatic rings. The van der Waals surface area contributed by atoms with Gasteiger partial charge in [-0.3, -0.25) is 0 Å². The molecule has 0 radical (unpaired) electrons. The van der Waals surface area contributed by atoms with Crippen LogP contribution in [0.2, 0.25) is 0 Å². The van der Waals surface area contributed by atoms with E-state index in [1.165, 1.54) is 0 Å². The normalized spacial score (nSPS) is 9.06. The Labute approximate surface area is 99.7 Å². The second-order valence-electron chi connectivity index (χ2n) is 3.36. The third-order valence-corrected chi connectivity index (χ3v) is 2.22. The molecule has 3 heteroatoms. The first-order valence-corrected chi connectivity index (χ1v) is 5.02. The van der Waals surface area contributed by atoms with E-state index in [-0.39, 0.29) is 0 Å². The molecule has 1 aromatic carbocycles. The third-order valence-electron chi connectivity index (χ3n) is 2.22. The third kappa shape index (κ3) is 2.42. The van der Waals surface area contributed by atoms with Gasteiger partial charge in [0.2, 0.25) is 0 Å². The van der Waals surface area contributed by atoms with Crippen LogP contribution in [-0.2, 0) is 0 Å². The maximum absolute atomic E-state index is 8.93. The number of hydrogen-bond acceptors (Lipinski definition) is 3. The number of terminal acetylenes is 1. The van der Waals surface area contributed by atoms with E-state index in [2.05, 4.69) is 22.3 Å². The summed E-state index contributed by atoms with van der Waals surface area (Å²) in [5.41, 5.74) is 2.10. The summed E-state index contributed by atoms with van der Waals surface area (Å²) in [4.78, 5) is 4.12. The molecule has 0 atom stereocenters. The smallest absolute Gasteiger partial charge is 0.148 e. The first-order valence-electron chi connectivity index (χ1n) is 5.02. The summed E-state index contributed by atoms with van der Waals surface area (Å²) in [7, 11) is 0. The second-order valence-corrected chi connectivity index (χ2v) is 3.36. The highest BCUT2D eigenvalue weighted by atomic mass is 15.0. The van der Waals surface area contributed by atoms with Crippen molar-refractivity contribution >= 4 is 11.5 Å². The highest BCUT2D eigenvalue weighted by molar-refractivity contribution is 5.63. The quantitative estimate of drug-likeness (QED) is 0.790. The van der Waals surface area contributed by atoms with E-state index < -0.39 is 0 Å². The van der Waals surface area contributed by atoms with Crippen molar-refractivity contribution < 1.29 is 0 Å². The minimum Gasteiger partial charge on any atom is -0.339 e. The van der Waals surface area contributed by atoms with Crippen molar-refractivity contribution in [2.45, 2.75) is 0 Å². The zero-order chi connectivity index (χ0) is 12.1. The van der Waals surface area contributed by atoms with E-state index in [1.54, 1.807) is 18.3 Å². The van der Waals surface area contributed by atoms with Crippen LogP contribution in [0.1, 0.15) is 11.1 Å². The van der Waals surface area contributed by atoms with Gasteiger partial charge in [-0.15, -0.1) is 6.42 Å². The van der Waals surface area contributed by atoms with Crippen LogP contribution in [0.15, 0.2) is 42.6 Å². The molecule has 1 heterocycles. The topological polar surface area (TPSA) is 48.7 Å². The first kappa shape index (κ1) is 10.7. The molecule has 2 aromatic rings. The Morgan fingerprint density at radius 3 is 2.88 bits per heavy atom. The molecule has 80 valence electrons. The van der Waals surface area contributed by atoms with Crippen molar-refractivity contribution in [3.8, 4) is 18.4 Å². The van der Waals surface area contributed by atoms with E-state index >= 15 is 0 Å². The number of nitrogens with zero attached hydrogens (tertiary/aromatic N) is 2. The lowest BCUT2D eigenvalue weighted by atomic mass is 10.2. The summed E-state index contributed by atoms with van der Waals surface area (Å²) in [5.74, 6) is 3.09. The summed E-state index contributed by atoms with van der Waals surface area (Å²) in [6, 6.07) is 12.9. The first-order chi connectivity index (χ1) is 8.33. The van der Waals surface area contributed by atoms with Crippen LogP contribution in [-0.4, -0.2) is 4.98 Å². The van der Waals surface area contributed by atoms with E-state index in [0.29, 0.717) is 11.4 Å². The van der Waals surface area contributed by atoms with Crippen molar-refractivity contribution in [3.05, 3.63) is 53.7 Å². The van der Waals surface area contributed by atoms with Gasteiger partial charge in [0, 0.05) is 17.4 Å². The lowest BCUT2D eigenvalue weighted by molar-refractivity contribution is 1.28. The lowest BCUT2D eigenvalue weighted by Crippen LogP contribution is -1.96. The van der Waals surface area contributed by atoms with Gasteiger partial charge in [-0.2, -0.15) is 5.26 Å². The van der Waals surface area contributed by atoms with Gasteiger partial charge >= 0.3 is 0 Å². The van der Waals surface area contributed by atoms with E-state index in [9.17, 15) is 0 Å². The molecule has 2 rings (SSSR count). The average Bonchev–Trinajstić information content (AvgIpc) is 2.39. The second kappa shape index (κ2) is 4.83. The predicted octanol–water partition coefficient (Wildman–Crippen LogP) is 2.68. The van der Waals surface area contributed by atoms with Crippen LogP contribution in [0.3, 0.4) is 0 Å². The average molecular weight is 219 g/mol. The zero-order valence-corrected chi connectivity index (χ0v) is 9.01. The van der Waals surface area contributed by atoms with E-state index in [1.807, 2.05) is 24.3 Å². The van der Waals surface area contributed by atoms with E-state index in [0.717, 1.165) is 11.3 Å². The van der Waals surface area contributed by atoms with Gasteiger partial charge in [0.05, 0.1) is 5.56 Å². The Balaban J connectivity index is 2.32. The minimum atomic E-state index is 0.499. The number of rotatable bonds is 2. The summed E-state index contributed by atoms with van der Waals surface area (Å²) in [6.07, 6.45) is 6.96. The SMILES string of the molecule is C#Cc1cccc(Nc2ncccc2C#N)c1. The fourth-order valence-electron chi connectivity index (χ4n) is 1.42. The van der Waals surface area contributed by atoms with Gasteiger partial charge in [0.15, 0.2) is 0 Å². The molecule has 1 aromatic heterocycles. The molecule has 0 saturated heterocycles.